The van der Waals surface area contributed by atoms with Gasteiger partial charge in [0.25, 0.3) is 0 Å². The number of hydrogen-bond acceptors (Lipinski definition) is 3. The van der Waals surface area contributed by atoms with Crippen molar-refractivity contribution in [3.8, 4) is 28.0 Å². The van der Waals surface area contributed by atoms with Gasteiger partial charge in [-0.15, -0.1) is 0 Å². The number of nitrogens with two attached hydrogens (primary N) is 2. The summed E-state index contributed by atoms with van der Waals surface area (Å²) in [5, 5.41) is 3.65. The van der Waals surface area contributed by atoms with Crippen LogP contribution in [0, 0.1) is 5.92 Å². The van der Waals surface area contributed by atoms with Crippen LogP contribution < -0.4 is 16.3 Å². The van der Waals surface area contributed by atoms with E-state index in [9.17, 15) is 0 Å². The number of para-hydroxylation sites is 1. The van der Waals surface area contributed by atoms with Crippen LogP contribution in [0.5, 0.6) is 5.75 Å². The van der Waals surface area contributed by atoms with E-state index in [-0.39, 0.29) is 0 Å². The fourth-order valence-corrected chi connectivity index (χ4v) is 5.05. The Morgan fingerprint density at radius 3 is 2.25 bits per heavy atom. The third kappa shape index (κ3) is 6.08. The zero-order valence-electron chi connectivity index (χ0n) is 23.0. The number of ether oxygens (including phenoxy) is 1. The summed E-state index contributed by atoms with van der Waals surface area (Å²) in [5.41, 5.74) is 16.1. The van der Waals surface area contributed by atoms with Crippen molar-refractivity contribution < 1.29 is 4.74 Å². The van der Waals surface area contributed by atoms with E-state index in [1.165, 1.54) is 22.3 Å². The zero-order valence-corrected chi connectivity index (χ0v) is 23.0. The van der Waals surface area contributed by atoms with Crippen molar-refractivity contribution in [2.75, 3.05) is 7.11 Å². The maximum absolute atomic E-state index is 5.97. The van der Waals surface area contributed by atoms with Gasteiger partial charge in [0.15, 0.2) is 0 Å². The molecule has 1 atom stereocenters. The fraction of sp³-hybridized carbons (Fsp3) is 0.139. The first kappa shape index (κ1) is 26.8. The van der Waals surface area contributed by atoms with Crippen LogP contribution in [0.1, 0.15) is 30.0 Å². The quantitative estimate of drug-likeness (QED) is 0.107. The highest BCUT2D eigenvalue weighted by Crippen LogP contribution is 2.33. The largest absolute Gasteiger partial charge is 0.496 e. The Morgan fingerprint density at radius 1 is 0.875 bits per heavy atom. The highest BCUT2D eigenvalue weighted by atomic mass is 16.5. The van der Waals surface area contributed by atoms with E-state index in [1.807, 2.05) is 36.4 Å². The Labute approximate surface area is 237 Å². The maximum atomic E-state index is 5.97. The number of amidine groups is 1. The molecule has 4 heteroatoms. The Kier molecular flexibility index (Phi) is 8.26. The standard InChI is InChI=1S/C36H35N3O/c1-25-13-18-27(19-14-25)33(22-17-26-15-20-28(21-16-26)34-11-3-4-12-35(34)40-2)31-9-5-7-29(23-31)30-8-6-10-32(24-30)36(37)39-38/h3-13,15-16,18-25H,14,17,38H2,1-2H3,(H2,37,39)/b33-22+. The minimum Gasteiger partial charge on any atom is -0.496 e. The summed E-state index contributed by atoms with van der Waals surface area (Å²) in [6.07, 6.45) is 11.1. The lowest BCUT2D eigenvalue weighted by Gasteiger charge is -2.17. The molecule has 4 N–H and O–H groups in total. The first-order valence-electron chi connectivity index (χ1n) is 13.6. The van der Waals surface area contributed by atoms with E-state index >= 15 is 0 Å². The van der Waals surface area contributed by atoms with Crippen LogP contribution in [0.25, 0.3) is 27.8 Å². The summed E-state index contributed by atoms with van der Waals surface area (Å²) in [7, 11) is 1.71. The number of rotatable bonds is 8. The topological polar surface area (TPSA) is 73.6 Å². The van der Waals surface area contributed by atoms with Crippen LogP contribution in [0.15, 0.2) is 132 Å². The lowest BCUT2D eigenvalue weighted by molar-refractivity contribution is 0.416. The molecule has 0 aromatic heterocycles. The Bertz CT molecular complexity index is 1610. The molecule has 4 aromatic carbocycles. The molecule has 0 heterocycles. The number of benzene rings is 4. The lowest BCUT2D eigenvalue weighted by atomic mass is 9.88. The molecule has 5 rings (SSSR count). The zero-order chi connectivity index (χ0) is 27.9. The summed E-state index contributed by atoms with van der Waals surface area (Å²) in [6, 6.07) is 33.6. The molecular formula is C36H35N3O. The first-order chi connectivity index (χ1) is 19.6. The predicted molar refractivity (Wildman–Crippen MR) is 168 cm³/mol. The molecule has 4 aromatic rings. The molecule has 0 aliphatic heterocycles. The van der Waals surface area contributed by atoms with Crippen LogP contribution in [0.4, 0.5) is 0 Å². The highest BCUT2D eigenvalue weighted by Gasteiger charge is 2.12. The predicted octanol–water partition coefficient (Wildman–Crippen LogP) is 7.76. The molecule has 0 spiro atoms. The fourth-order valence-electron chi connectivity index (χ4n) is 5.05. The second kappa shape index (κ2) is 12.4. The van der Waals surface area contributed by atoms with Crippen molar-refractivity contribution in [3.05, 3.63) is 144 Å². The molecule has 0 radical (unpaired) electrons. The SMILES string of the molecule is COc1ccccc1-c1ccc(C/C=C(\C2=CCC(C)C=C2)c2cccc(-c3cccc(/C(N)=N/N)c3)c2)cc1. The van der Waals surface area contributed by atoms with Crippen LogP contribution in [0.3, 0.4) is 0 Å². The molecule has 0 fully saturated rings. The molecule has 1 unspecified atom stereocenters. The minimum atomic E-state index is 0.321. The van der Waals surface area contributed by atoms with Gasteiger partial charge in [0.1, 0.15) is 11.6 Å². The van der Waals surface area contributed by atoms with Crippen LogP contribution in [-0.2, 0) is 6.42 Å². The Balaban J connectivity index is 1.47. The Hall–Kier alpha value is -4.83. The second-order valence-electron chi connectivity index (χ2n) is 10.1. The molecule has 1 aliphatic rings. The van der Waals surface area contributed by atoms with Crippen LogP contribution in [-0.4, -0.2) is 12.9 Å². The number of allylic oxidation sites excluding steroid dienone is 6. The normalized spacial score (nSPS) is 15.6. The van der Waals surface area contributed by atoms with Crippen LogP contribution >= 0.6 is 0 Å². The van der Waals surface area contributed by atoms with Gasteiger partial charge in [-0.25, -0.2) is 0 Å². The van der Waals surface area contributed by atoms with E-state index in [1.54, 1.807) is 7.11 Å². The lowest BCUT2D eigenvalue weighted by Crippen LogP contribution is -2.15. The van der Waals surface area contributed by atoms with Gasteiger partial charge in [-0.05, 0) is 75.9 Å². The van der Waals surface area contributed by atoms with E-state index in [4.69, 9.17) is 16.3 Å². The third-order valence-electron chi connectivity index (χ3n) is 7.34. The van der Waals surface area contributed by atoms with E-state index in [2.05, 4.69) is 97.0 Å². The highest BCUT2D eigenvalue weighted by molar-refractivity contribution is 5.98. The second-order valence-corrected chi connectivity index (χ2v) is 10.1. The van der Waals surface area contributed by atoms with Gasteiger partial charge >= 0.3 is 0 Å². The van der Waals surface area contributed by atoms with E-state index in [0.717, 1.165) is 46.4 Å². The van der Waals surface area contributed by atoms with Gasteiger partial charge in [0, 0.05) is 11.1 Å². The summed E-state index contributed by atoms with van der Waals surface area (Å²) in [6.45, 7) is 2.25. The summed E-state index contributed by atoms with van der Waals surface area (Å²) >= 11 is 0. The van der Waals surface area contributed by atoms with Crippen molar-refractivity contribution in [1.29, 1.82) is 0 Å². The number of hydrazone groups is 1. The average molecular weight is 526 g/mol. The van der Waals surface area contributed by atoms with Crippen molar-refractivity contribution in [3.63, 3.8) is 0 Å². The molecule has 4 nitrogen and oxygen atoms in total. The summed E-state index contributed by atoms with van der Waals surface area (Å²) in [4.78, 5) is 0. The number of hydrogen-bond donors (Lipinski definition) is 2. The van der Waals surface area contributed by atoms with E-state index < -0.39 is 0 Å². The first-order valence-corrected chi connectivity index (χ1v) is 13.6. The van der Waals surface area contributed by atoms with Gasteiger partial charge in [-0.2, -0.15) is 5.10 Å². The summed E-state index contributed by atoms with van der Waals surface area (Å²) < 4.78 is 5.56. The van der Waals surface area contributed by atoms with Gasteiger partial charge in [-0.3, -0.25) is 0 Å². The molecule has 0 amide bonds. The molecule has 40 heavy (non-hydrogen) atoms. The Morgan fingerprint density at radius 2 is 1.57 bits per heavy atom. The number of nitrogens with zero attached hydrogens (tertiary/aromatic N) is 1. The van der Waals surface area contributed by atoms with Crippen molar-refractivity contribution in [1.82, 2.24) is 0 Å². The molecule has 0 saturated carbocycles. The molecule has 0 saturated heterocycles. The molecule has 0 bridgehead atoms. The summed E-state index contributed by atoms with van der Waals surface area (Å²) in [5.74, 6) is 7.17. The third-order valence-corrected chi connectivity index (χ3v) is 7.34. The monoisotopic (exact) mass is 525 g/mol. The van der Waals surface area contributed by atoms with E-state index in [0.29, 0.717) is 11.8 Å². The maximum Gasteiger partial charge on any atom is 0.150 e. The van der Waals surface area contributed by atoms with Crippen molar-refractivity contribution >= 4 is 11.4 Å². The van der Waals surface area contributed by atoms with Crippen molar-refractivity contribution in [2.24, 2.45) is 22.6 Å². The molecular weight excluding hydrogens is 490 g/mol. The van der Waals surface area contributed by atoms with Gasteiger partial charge < -0.3 is 16.3 Å². The smallest absolute Gasteiger partial charge is 0.150 e. The number of methoxy groups -OCH3 is 1. The van der Waals surface area contributed by atoms with Crippen LogP contribution in [0.2, 0.25) is 0 Å². The molecule has 1 aliphatic carbocycles. The average Bonchev–Trinajstić information content (AvgIpc) is 3.02. The minimum absolute atomic E-state index is 0.321. The van der Waals surface area contributed by atoms with Crippen molar-refractivity contribution in [2.45, 2.75) is 19.8 Å². The molecule has 200 valence electrons. The van der Waals surface area contributed by atoms with Gasteiger partial charge in [-0.1, -0.05) is 110 Å². The van der Waals surface area contributed by atoms with Gasteiger partial charge in [0.2, 0.25) is 0 Å². The van der Waals surface area contributed by atoms with Gasteiger partial charge in [0.05, 0.1) is 7.11 Å².